The molecule has 2 aromatic carbocycles. The molecule has 0 radical (unpaired) electrons. The van der Waals surface area contributed by atoms with Gasteiger partial charge < -0.3 is 4.74 Å². The normalized spacial score (nSPS) is 13.2. The number of hydrogen-bond donors (Lipinski definition) is 0. The predicted octanol–water partition coefficient (Wildman–Crippen LogP) is 3.31. The third-order valence-electron chi connectivity index (χ3n) is 3.80. The minimum Gasteiger partial charge on any atom is -0.465 e. The van der Waals surface area contributed by atoms with Crippen LogP contribution in [0.4, 0.5) is 11.4 Å². The molecular formula is C18H17NO3. The number of benzene rings is 2. The highest BCUT2D eigenvalue weighted by atomic mass is 16.5. The summed E-state index contributed by atoms with van der Waals surface area (Å²) in [4.78, 5) is 25.8. The smallest absolute Gasteiger partial charge is 0.337 e. The van der Waals surface area contributed by atoms with Gasteiger partial charge in [0.15, 0.2) is 0 Å². The van der Waals surface area contributed by atoms with Gasteiger partial charge in [-0.15, -0.1) is 0 Å². The molecular weight excluding hydrogens is 278 g/mol. The number of carbonyl (C=O) groups excluding carboxylic acids is 2. The summed E-state index contributed by atoms with van der Waals surface area (Å²) in [5, 5.41) is 0. The Morgan fingerprint density at radius 1 is 1.09 bits per heavy atom. The van der Waals surface area contributed by atoms with Crippen LogP contribution in [0.3, 0.4) is 0 Å². The molecule has 0 atom stereocenters. The molecule has 0 fully saturated rings. The number of amides is 1. The second kappa shape index (κ2) is 5.30. The van der Waals surface area contributed by atoms with E-state index in [1.54, 1.807) is 17.0 Å². The Labute approximate surface area is 129 Å². The number of aryl methyl sites for hydroxylation is 2. The molecule has 3 rings (SSSR count). The lowest BCUT2D eigenvalue weighted by molar-refractivity contribution is -0.116. The zero-order valence-electron chi connectivity index (χ0n) is 12.8. The summed E-state index contributed by atoms with van der Waals surface area (Å²) in [5.74, 6) is -0.385. The summed E-state index contributed by atoms with van der Waals surface area (Å²) in [6.07, 6.45) is 0.351. The first kappa shape index (κ1) is 14.3. The van der Waals surface area contributed by atoms with Crippen molar-refractivity contribution in [2.75, 3.05) is 12.0 Å². The Balaban J connectivity index is 2.11. The molecule has 0 aromatic heterocycles. The van der Waals surface area contributed by atoms with E-state index in [0.29, 0.717) is 12.0 Å². The van der Waals surface area contributed by atoms with Gasteiger partial charge in [-0.25, -0.2) is 4.79 Å². The fourth-order valence-electron chi connectivity index (χ4n) is 2.91. The quantitative estimate of drug-likeness (QED) is 0.799. The lowest BCUT2D eigenvalue weighted by atomic mass is 10.1. The van der Waals surface area contributed by atoms with Crippen molar-refractivity contribution in [1.82, 2.24) is 0 Å². The average Bonchev–Trinajstić information content (AvgIpc) is 2.80. The summed E-state index contributed by atoms with van der Waals surface area (Å²) in [7, 11) is 1.35. The van der Waals surface area contributed by atoms with Crippen molar-refractivity contribution in [3.8, 4) is 0 Å². The molecule has 1 heterocycles. The molecule has 4 heteroatoms. The Morgan fingerprint density at radius 3 is 2.41 bits per heavy atom. The largest absolute Gasteiger partial charge is 0.465 e. The van der Waals surface area contributed by atoms with Crippen LogP contribution in [-0.4, -0.2) is 19.0 Å². The van der Waals surface area contributed by atoms with Crippen LogP contribution in [0.5, 0.6) is 0 Å². The van der Waals surface area contributed by atoms with Crippen LogP contribution in [-0.2, 0) is 16.0 Å². The highest BCUT2D eigenvalue weighted by molar-refractivity contribution is 6.08. The molecule has 1 aliphatic heterocycles. The van der Waals surface area contributed by atoms with Crippen LogP contribution < -0.4 is 4.90 Å². The fraction of sp³-hybridized carbons (Fsp3) is 0.222. The number of carbonyl (C=O) groups is 2. The molecule has 0 saturated carbocycles. The predicted molar refractivity (Wildman–Crippen MR) is 84.5 cm³/mol. The number of esters is 1. The van der Waals surface area contributed by atoms with Crippen molar-refractivity contribution in [3.05, 3.63) is 58.7 Å². The van der Waals surface area contributed by atoms with E-state index in [4.69, 9.17) is 4.74 Å². The van der Waals surface area contributed by atoms with Gasteiger partial charge in [0.1, 0.15) is 0 Å². The van der Waals surface area contributed by atoms with Crippen molar-refractivity contribution >= 4 is 23.3 Å². The molecule has 0 unspecified atom stereocenters. The number of fused-ring (bicyclic) bond motifs is 1. The minimum atomic E-state index is -0.400. The van der Waals surface area contributed by atoms with Crippen molar-refractivity contribution < 1.29 is 14.3 Å². The molecule has 0 bridgehead atoms. The molecule has 1 amide bonds. The lowest BCUT2D eigenvalue weighted by Crippen LogP contribution is -2.21. The summed E-state index contributed by atoms with van der Waals surface area (Å²) in [5.41, 5.74) is 5.17. The van der Waals surface area contributed by atoms with Crippen molar-refractivity contribution in [3.63, 3.8) is 0 Å². The highest BCUT2D eigenvalue weighted by Crippen LogP contribution is 2.36. The number of rotatable bonds is 2. The van der Waals surface area contributed by atoms with Gasteiger partial charge in [-0.1, -0.05) is 12.1 Å². The van der Waals surface area contributed by atoms with E-state index in [9.17, 15) is 9.59 Å². The van der Waals surface area contributed by atoms with Gasteiger partial charge >= 0.3 is 5.97 Å². The SMILES string of the molecule is COC(=O)c1ccc2c(c1)N(c1cc(C)cc(C)c1)C(=O)C2. The standard InChI is InChI=1S/C18H17NO3/c1-11-6-12(2)8-15(7-11)19-16-9-14(18(21)22-3)5-4-13(16)10-17(19)20/h4-9H,10H2,1-3H3. The summed E-state index contributed by atoms with van der Waals surface area (Å²) in [6, 6.07) is 11.3. The number of anilines is 2. The van der Waals surface area contributed by atoms with Gasteiger partial charge in [-0.2, -0.15) is 0 Å². The van der Waals surface area contributed by atoms with Crippen LogP contribution in [0.1, 0.15) is 27.0 Å². The van der Waals surface area contributed by atoms with Crippen LogP contribution in [0.15, 0.2) is 36.4 Å². The van der Waals surface area contributed by atoms with Crippen LogP contribution in [0, 0.1) is 13.8 Å². The van der Waals surface area contributed by atoms with E-state index in [1.807, 2.05) is 32.0 Å². The van der Waals surface area contributed by atoms with Gasteiger partial charge in [0, 0.05) is 5.69 Å². The monoisotopic (exact) mass is 295 g/mol. The molecule has 1 aliphatic rings. The van der Waals surface area contributed by atoms with Crippen LogP contribution >= 0.6 is 0 Å². The molecule has 0 N–H and O–H groups in total. The maximum absolute atomic E-state index is 12.4. The summed E-state index contributed by atoms with van der Waals surface area (Å²) in [6.45, 7) is 4.01. The maximum Gasteiger partial charge on any atom is 0.337 e. The second-order valence-corrected chi connectivity index (χ2v) is 5.59. The number of ether oxygens (including phenoxy) is 1. The van der Waals surface area contributed by atoms with Crippen LogP contribution in [0.25, 0.3) is 0 Å². The van der Waals surface area contributed by atoms with Gasteiger partial charge in [0.2, 0.25) is 5.91 Å². The third-order valence-corrected chi connectivity index (χ3v) is 3.80. The second-order valence-electron chi connectivity index (χ2n) is 5.59. The molecule has 2 aromatic rings. The third kappa shape index (κ3) is 2.37. The van der Waals surface area contributed by atoms with Gasteiger partial charge in [0.05, 0.1) is 24.8 Å². The molecule has 0 spiro atoms. The Morgan fingerprint density at radius 2 is 1.77 bits per heavy atom. The van der Waals surface area contributed by atoms with E-state index >= 15 is 0 Å². The summed E-state index contributed by atoms with van der Waals surface area (Å²) >= 11 is 0. The first-order chi connectivity index (χ1) is 10.5. The zero-order chi connectivity index (χ0) is 15.9. The van der Waals surface area contributed by atoms with Gasteiger partial charge in [-0.3, -0.25) is 9.69 Å². The van der Waals surface area contributed by atoms with E-state index < -0.39 is 5.97 Å². The molecule has 112 valence electrons. The van der Waals surface area contributed by atoms with Gasteiger partial charge in [-0.05, 0) is 54.8 Å². The Bertz CT molecular complexity index is 760. The minimum absolute atomic E-state index is 0.0158. The number of hydrogen-bond acceptors (Lipinski definition) is 3. The van der Waals surface area contributed by atoms with E-state index in [0.717, 1.165) is 28.1 Å². The molecule has 22 heavy (non-hydrogen) atoms. The molecule has 0 saturated heterocycles. The zero-order valence-corrected chi connectivity index (χ0v) is 12.8. The number of nitrogens with zero attached hydrogens (tertiary/aromatic N) is 1. The topological polar surface area (TPSA) is 46.6 Å². The van der Waals surface area contributed by atoms with E-state index in [1.165, 1.54) is 7.11 Å². The van der Waals surface area contributed by atoms with E-state index in [2.05, 4.69) is 6.07 Å². The Hall–Kier alpha value is -2.62. The van der Waals surface area contributed by atoms with E-state index in [-0.39, 0.29) is 5.91 Å². The molecule has 4 nitrogen and oxygen atoms in total. The first-order valence-electron chi connectivity index (χ1n) is 7.12. The molecule has 0 aliphatic carbocycles. The van der Waals surface area contributed by atoms with Crippen molar-refractivity contribution in [1.29, 1.82) is 0 Å². The average molecular weight is 295 g/mol. The summed E-state index contributed by atoms with van der Waals surface area (Å²) < 4.78 is 4.76. The maximum atomic E-state index is 12.4. The van der Waals surface area contributed by atoms with Crippen molar-refractivity contribution in [2.45, 2.75) is 20.3 Å². The fourth-order valence-corrected chi connectivity index (χ4v) is 2.91. The van der Waals surface area contributed by atoms with Gasteiger partial charge in [0.25, 0.3) is 0 Å². The lowest BCUT2D eigenvalue weighted by Gasteiger charge is -2.19. The van der Waals surface area contributed by atoms with Crippen molar-refractivity contribution in [2.24, 2.45) is 0 Å². The number of methoxy groups -OCH3 is 1. The highest BCUT2D eigenvalue weighted by Gasteiger charge is 2.29. The Kier molecular flexibility index (Phi) is 3.45. The first-order valence-corrected chi connectivity index (χ1v) is 7.12. The van der Waals surface area contributed by atoms with Crippen LogP contribution in [0.2, 0.25) is 0 Å².